The Bertz CT molecular complexity index is 1150. The van der Waals surface area contributed by atoms with E-state index in [1.165, 1.54) is 29.2 Å². The lowest BCUT2D eigenvalue weighted by atomic mass is 9.88. The summed E-state index contributed by atoms with van der Waals surface area (Å²) in [5, 5.41) is 2.92. The second-order valence-electron chi connectivity index (χ2n) is 9.28. The molecular formula is C24H20F2N2O4. The van der Waals surface area contributed by atoms with Crippen LogP contribution in [-0.2, 0) is 27.5 Å². The van der Waals surface area contributed by atoms with Crippen LogP contribution in [0.15, 0.2) is 48.5 Å². The number of esters is 1. The number of halogens is 2. The number of carbonyl (C=O) groups is 3. The van der Waals surface area contributed by atoms with E-state index in [2.05, 4.69) is 5.32 Å². The molecule has 2 aromatic carbocycles. The van der Waals surface area contributed by atoms with E-state index in [9.17, 15) is 23.2 Å². The predicted octanol–water partition coefficient (Wildman–Crippen LogP) is 3.15. The smallest absolute Gasteiger partial charge is 0.325 e. The van der Waals surface area contributed by atoms with Gasteiger partial charge in [-0.15, -0.1) is 0 Å². The molecule has 4 aliphatic carbocycles. The molecule has 5 fully saturated rings. The molecule has 7 rings (SSSR count). The summed E-state index contributed by atoms with van der Waals surface area (Å²) in [6.45, 7) is 0.0911. The summed E-state index contributed by atoms with van der Waals surface area (Å²) in [6.07, 6.45) is 1.22. The number of benzene rings is 2. The molecule has 0 aromatic heterocycles. The van der Waals surface area contributed by atoms with Crippen LogP contribution in [0.25, 0.3) is 0 Å². The van der Waals surface area contributed by atoms with E-state index in [1.807, 2.05) is 0 Å². The highest BCUT2D eigenvalue weighted by atomic mass is 19.1. The number of nitrogens with zero attached hydrogens (tertiary/aromatic N) is 1. The third-order valence-corrected chi connectivity index (χ3v) is 7.84. The number of urea groups is 1. The fourth-order valence-corrected chi connectivity index (χ4v) is 6.51. The van der Waals surface area contributed by atoms with Gasteiger partial charge in [0.05, 0.1) is 12.0 Å². The number of carbonyl (C=O) groups excluding carboxylic acids is 3. The van der Waals surface area contributed by atoms with Crippen LogP contribution in [0.4, 0.5) is 13.6 Å². The van der Waals surface area contributed by atoms with Gasteiger partial charge in [-0.1, -0.05) is 24.3 Å². The molecule has 5 aliphatic rings. The third kappa shape index (κ3) is 2.40. The monoisotopic (exact) mass is 438 g/mol. The minimum Gasteiger partial charge on any atom is -0.460 e. The maximum Gasteiger partial charge on any atom is 0.325 e. The molecule has 8 heteroatoms. The Morgan fingerprint density at radius 2 is 1.66 bits per heavy atom. The first-order valence-electron chi connectivity index (χ1n) is 10.7. The van der Waals surface area contributed by atoms with Crippen LogP contribution in [-0.4, -0.2) is 28.3 Å². The molecular weight excluding hydrogens is 418 g/mol. The molecule has 164 valence electrons. The maximum absolute atomic E-state index is 13.4. The molecule has 4 saturated carbocycles. The van der Waals surface area contributed by atoms with Crippen molar-refractivity contribution in [2.75, 3.05) is 0 Å². The predicted molar refractivity (Wildman–Crippen MR) is 107 cm³/mol. The zero-order chi connectivity index (χ0) is 22.3. The van der Waals surface area contributed by atoms with Crippen molar-refractivity contribution < 1.29 is 27.9 Å². The second-order valence-corrected chi connectivity index (χ2v) is 9.28. The number of amides is 3. The molecule has 3 amide bonds. The maximum atomic E-state index is 13.4. The standard InChI is InChI=1S/C24H20F2N2O4/c25-16-5-1-13(2-6-16)11-28-20(29)24(27-22(28)31)15-9-18-19(24)23(18,10-15)21(30)32-12-14-3-7-17(26)8-4-14/h1-8,15,18-19H,9-12H2,(H,27,31). The lowest BCUT2D eigenvalue weighted by Crippen LogP contribution is -2.50. The Balaban J connectivity index is 1.20. The van der Waals surface area contributed by atoms with E-state index < -0.39 is 17.0 Å². The molecule has 0 radical (unpaired) electrons. The molecule has 1 saturated heterocycles. The van der Waals surface area contributed by atoms with Gasteiger partial charge in [0.15, 0.2) is 0 Å². The Hall–Kier alpha value is -3.29. The van der Waals surface area contributed by atoms with Crippen LogP contribution in [0.2, 0.25) is 0 Å². The Morgan fingerprint density at radius 3 is 2.28 bits per heavy atom. The van der Waals surface area contributed by atoms with Crippen molar-refractivity contribution in [3.8, 4) is 0 Å². The second kappa shape index (κ2) is 6.37. The van der Waals surface area contributed by atoms with Gasteiger partial charge in [-0.2, -0.15) is 0 Å². The fourth-order valence-electron chi connectivity index (χ4n) is 6.51. The average molecular weight is 438 g/mol. The molecule has 1 N–H and O–H groups in total. The largest absolute Gasteiger partial charge is 0.460 e. The van der Waals surface area contributed by atoms with Crippen LogP contribution in [0.3, 0.4) is 0 Å². The SMILES string of the molecule is O=C1NC2(C(=O)N1Cc1ccc(F)cc1)C1CC3C2C3(C(=O)OCc2ccc(F)cc2)C1. The summed E-state index contributed by atoms with van der Waals surface area (Å²) in [5.74, 6) is -1.77. The highest BCUT2D eigenvalue weighted by Crippen LogP contribution is 2.83. The van der Waals surface area contributed by atoms with Crippen molar-refractivity contribution in [2.45, 2.75) is 31.5 Å². The van der Waals surface area contributed by atoms with E-state index in [4.69, 9.17) is 4.74 Å². The van der Waals surface area contributed by atoms with E-state index in [0.29, 0.717) is 24.0 Å². The molecule has 4 bridgehead atoms. The van der Waals surface area contributed by atoms with Crippen LogP contribution in [0, 0.1) is 34.8 Å². The molecule has 1 aliphatic heterocycles. The number of rotatable bonds is 5. The lowest BCUT2D eigenvalue weighted by Gasteiger charge is -2.25. The minimum atomic E-state index is -1.06. The number of hydrogen-bond acceptors (Lipinski definition) is 4. The lowest BCUT2D eigenvalue weighted by molar-refractivity contribution is -0.152. The highest BCUT2D eigenvalue weighted by Gasteiger charge is 2.91. The summed E-state index contributed by atoms with van der Waals surface area (Å²) in [5.41, 5.74) is -0.460. The Morgan fingerprint density at radius 1 is 1.03 bits per heavy atom. The van der Waals surface area contributed by atoms with E-state index in [1.54, 1.807) is 24.3 Å². The highest BCUT2D eigenvalue weighted by molar-refractivity contribution is 6.09. The van der Waals surface area contributed by atoms with Crippen molar-refractivity contribution in [3.63, 3.8) is 0 Å². The molecule has 1 heterocycles. The van der Waals surface area contributed by atoms with Crippen LogP contribution >= 0.6 is 0 Å². The molecule has 5 unspecified atom stereocenters. The number of hydrogen-bond donors (Lipinski definition) is 1. The van der Waals surface area contributed by atoms with Crippen molar-refractivity contribution in [2.24, 2.45) is 23.2 Å². The van der Waals surface area contributed by atoms with Gasteiger partial charge in [0.2, 0.25) is 0 Å². The summed E-state index contributed by atoms with van der Waals surface area (Å²) in [7, 11) is 0. The van der Waals surface area contributed by atoms with Crippen molar-refractivity contribution in [1.82, 2.24) is 10.2 Å². The zero-order valence-corrected chi connectivity index (χ0v) is 17.0. The quantitative estimate of drug-likeness (QED) is 0.575. The Labute approximate surface area is 182 Å². The van der Waals surface area contributed by atoms with Crippen LogP contribution in [0.5, 0.6) is 0 Å². The van der Waals surface area contributed by atoms with Gasteiger partial charge in [0.25, 0.3) is 5.91 Å². The van der Waals surface area contributed by atoms with Gasteiger partial charge < -0.3 is 10.1 Å². The van der Waals surface area contributed by atoms with E-state index in [0.717, 1.165) is 0 Å². The van der Waals surface area contributed by atoms with Gasteiger partial charge in [0, 0.05) is 5.92 Å². The summed E-state index contributed by atoms with van der Waals surface area (Å²) in [6, 6.07) is 10.9. The summed E-state index contributed by atoms with van der Waals surface area (Å²) in [4.78, 5) is 40.4. The van der Waals surface area contributed by atoms with Crippen molar-refractivity contribution in [1.29, 1.82) is 0 Å². The zero-order valence-electron chi connectivity index (χ0n) is 17.0. The van der Waals surface area contributed by atoms with Gasteiger partial charge in [-0.25, -0.2) is 13.6 Å². The van der Waals surface area contributed by atoms with E-state index >= 15 is 0 Å². The average Bonchev–Trinajstić information content (AvgIpc) is 3.09. The fraction of sp³-hybridized carbons (Fsp3) is 0.375. The van der Waals surface area contributed by atoms with Gasteiger partial charge in [-0.3, -0.25) is 14.5 Å². The van der Waals surface area contributed by atoms with Gasteiger partial charge in [0.1, 0.15) is 23.8 Å². The molecule has 5 atom stereocenters. The summed E-state index contributed by atoms with van der Waals surface area (Å²) >= 11 is 0. The van der Waals surface area contributed by atoms with Crippen LogP contribution in [0.1, 0.15) is 24.0 Å². The molecule has 1 spiro atoms. The number of nitrogens with one attached hydrogen (secondary N) is 1. The first-order valence-corrected chi connectivity index (χ1v) is 10.7. The first kappa shape index (κ1) is 19.4. The molecule has 32 heavy (non-hydrogen) atoms. The first-order chi connectivity index (χ1) is 15.4. The molecule has 6 nitrogen and oxygen atoms in total. The summed E-state index contributed by atoms with van der Waals surface area (Å²) < 4.78 is 31.8. The minimum absolute atomic E-state index is 0.0169. The van der Waals surface area contributed by atoms with Crippen LogP contribution < -0.4 is 5.32 Å². The number of imide groups is 1. The van der Waals surface area contributed by atoms with Gasteiger partial charge >= 0.3 is 12.0 Å². The third-order valence-electron chi connectivity index (χ3n) is 7.84. The van der Waals surface area contributed by atoms with Crippen molar-refractivity contribution >= 4 is 17.9 Å². The number of ether oxygens (including phenoxy) is 1. The topological polar surface area (TPSA) is 75.7 Å². The van der Waals surface area contributed by atoms with E-state index in [-0.39, 0.29) is 54.4 Å². The van der Waals surface area contributed by atoms with Crippen molar-refractivity contribution in [3.05, 3.63) is 71.3 Å². The van der Waals surface area contributed by atoms with Gasteiger partial charge in [-0.05, 0) is 60.1 Å². The normalized spacial score (nSPS) is 33.7. The molecule has 2 aromatic rings. The Kier molecular flexibility index (Phi) is 3.86.